The molecular formula is C15H24FNO. The van der Waals surface area contributed by atoms with Crippen molar-refractivity contribution >= 4 is 0 Å². The van der Waals surface area contributed by atoms with Gasteiger partial charge in [-0.1, -0.05) is 50.8 Å². The lowest BCUT2D eigenvalue weighted by Gasteiger charge is -2.22. The van der Waals surface area contributed by atoms with Gasteiger partial charge in [0, 0.05) is 12.5 Å². The van der Waals surface area contributed by atoms with Crippen molar-refractivity contribution in [2.45, 2.75) is 51.0 Å². The van der Waals surface area contributed by atoms with Gasteiger partial charge in [-0.25, -0.2) is 4.39 Å². The van der Waals surface area contributed by atoms with E-state index in [1.807, 2.05) is 0 Å². The van der Waals surface area contributed by atoms with Crippen LogP contribution in [0.15, 0.2) is 24.3 Å². The Kier molecular flexibility index (Phi) is 6.91. The molecule has 0 aliphatic rings. The highest BCUT2D eigenvalue weighted by Gasteiger charge is 2.21. The Morgan fingerprint density at radius 2 is 1.94 bits per heavy atom. The van der Waals surface area contributed by atoms with Gasteiger partial charge in [0.25, 0.3) is 0 Å². The first-order chi connectivity index (χ1) is 8.70. The highest BCUT2D eigenvalue weighted by Crippen LogP contribution is 2.24. The molecule has 102 valence electrons. The van der Waals surface area contributed by atoms with Gasteiger partial charge in [0.15, 0.2) is 0 Å². The van der Waals surface area contributed by atoms with Gasteiger partial charge in [0.1, 0.15) is 5.82 Å². The van der Waals surface area contributed by atoms with Crippen molar-refractivity contribution in [3.63, 3.8) is 0 Å². The highest BCUT2D eigenvalue weighted by atomic mass is 19.1. The van der Waals surface area contributed by atoms with Crippen LogP contribution in [0.1, 0.15) is 50.5 Å². The summed E-state index contributed by atoms with van der Waals surface area (Å²) in [6.45, 7) is 2.42. The van der Waals surface area contributed by atoms with Crippen LogP contribution >= 0.6 is 0 Å². The Morgan fingerprint density at radius 1 is 1.22 bits per heavy atom. The van der Waals surface area contributed by atoms with Crippen molar-refractivity contribution in [2.24, 2.45) is 5.73 Å². The van der Waals surface area contributed by atoms with E-state index in [1.165, 1.54) is 18.9 Å². The third-order valence-electron chi connectivity index (χ3n) is 3.38. The minimum atomic E-state index is -0.552. The van der Waals surface area contributed by atoms with Gasteiger partial charge in [0.05, 0.1) is 6.10 Å². The average Bonchev–Trinajstić information content (AvgIpc) is 2.38. The van der Waals surface area contributed by atoms with Gasteiger partial charge in [-0.15, -0.1) is 0 Å². The zero-order valence-corrected chi connectivity index (χ0v) is 11.1. The molecule has 2 unspecified atom stereocenters. The Labute approximate surface area is 109 Å². The molecule has 2 atom stereocenters. The molecular weight excluding hydrogens is 229 g/mol. The molecule has 0 heterocycles. The van der Waals surface area contributed by atoms with Crippen LogP contribution in [0.5, 0.6) is 0 Å². The standard InChI is InChI=1S/C15H24FNO/c1-2-3-4-5-10-15(18)13(11-17)12-8-6-7-9-14(12)16/h6-9,13,15,18H,2-5,10-11,17H2,1H3. The summed E-state index contributed by atoms with van der Waals surface area (Å²) in [5, 5.41) is 10.1. The molecule has 2 nitrogen and oxygen atoms in total. The van der Waals surface area contributed by atoms with Gasteiger partial charge in [-0.2, -0.15) is 0 Å². The number of hydrogen-bond donors (Lipinski definition) is 2. The summed E-state index contributed by atoms with van der Waals surface area (Å²) in [6, 6.07) is 6.56. The van der Waals surface area contributed by atoms with E-state index in [2.05, 4.69) is 6.92 Å². The minimum Gasteiger partial charge on any atom is -0.392 e. The second-order valence-electron chi connectivity index (χ2n) is 4.78. The molecule has 0 amide bonds. The van der Waals surface area contributed by atoms with Crippen LogP contribution < -0.4 is 5.73 Å². The van der Waals surface area contributed by atoms with Crippen LogP contribution in [-0.2, 0) is 0 Å². The number of hydrogen-bond acceptors (Lipinski definition) is 2. The SMILES string of the molecule is CCCCCCC(O)C(CN)c1ccccc1F. The molecule has 0 aliphatic heterocycles. The molecule has 18 heavy (non-hydrogen) atoms. The Morgan fingerprint density at radius 3 is 2.56 bits per heavy atom. The number of nitrogens with two attached hydrogens (primary N) is 1. The van der Waals surface area contributed by atoms with Crippen molar-refractivity contribution in [3.05, 3.63) is 35.6 Å². The zero-order valence-electron chi connectivity index (χ0n) is 11.1. The first kappa shape index (κ1) is 15.1. The number of unbranched alkanes of at least 4 members (excludes halogenated alkanes) is 3. The summed E-state index contributed by atoms with van der Waals surface area (Å²) in [4.78, 5) is 0. The first-order valence-electron chi connectivity index (χ1n) is 6.83. The summed E-state index contributed by atoms with van der Waals surface area (Å²) in [5.74, 6) is -0.576. The van der Waals surface area contributed by atoms with Crippen LogP contribution in [0, 0.1) is 5.82 Å². The lowest BCUT2D eigenvalue weighted by Crippen LogP contribution is -2.26. The topological polar surface area (TPSA) is 46.2 Å². The molecule has 0 spiro atoms. The van der Waals surface area contributed by atoms with Gasteiger partial charge in [-0.3, -0.25) is 0 Å². The van der Waals surface area contributed by atoms with Gasteiger partial charge in [0.2, 0.25) is 0 Å². The van der Waals surface area contributed by atoms with E-state index in [4.69, 9.17) is 5.73 Å². The average molecular weight is 253 g/mol. The molecule has 0 bridgehead atoms. The maximum Gasteiger partial charge on any atom is 0.126 e. The van der Waals surface area contributed by atoms with Crippen LogP contribution in [-0.4, -0.2) is 17.8 Å². The number of rotatable bonds is 8. The second kappa shape index (κ2) is 8.22. The van der Waals surface area contributed by atoms with E-state index in [1.54, 1.807) is 18.2 Å². The lowest BCUT2D eigenvalue weighted by atomic mass is 9.90. The molecule has 0 saturated carbocycles. The monoisotopic (exact) mass is 253 g/mol. The van der Waals surface area contributed by atoms with E-state index in [0.717, 1.165) is 12.8 Å². The minimum absolute atomic E-state index is 0.274. The summed E-state index contributed by atoms with van der Waals surface area (Å²) in [7, 11) is 0. The third kappa shape index (κ3) is 4.39. The number of aliphatic hydroxyl groups excluding tert-OH is 1. The summed E-state index contributed by atoms with van der Waals surface area (Å²) in [6.07, 6.45) is 4.57. The zero-order chi connectivity index (χ0) is 13.4. The first-order valence-corrected chi connectivity index (χ1v) is 6.83. The van der Waals surface area contributed by atoms with Crippen LogP contribution in [0.3, 0.4) is 0 Å². The van der Waals surface area contributed by atoms with Crippen LogP contribution in [0.4, 0.5) is 4.39 Å². The summed E-state index contributed by atoms with van der Waals surface area (Å²) < 4.78 is 13.7. The van der Waals surface area contributed by atoms with Crippen LogP contribution in [0.2, 0.25) is 0 Å². The van der Waals surface area contributed by atoms with Crippen molar-refractivity contribution in [2.75, 3.05) is 6.54 Å². The second-order valence-corrected chi connectivity index (χ2v) is 4.78. The highest BCUT2D eigenvalue weighted by molar-refractivity contribution is 5.23. The van der Waals surface area contributed by atoms with E-state index in [0.29, 0.717) is 12.0 Å². The normalized spacial score (nSPS) is 14.4. The molecule has 0 radical (unpaired) electrons. The molecule has 1 aromatic rings. The summed E-state index contributed by atoms with van der Waals surface area (Å²) in [5.41, 5.74) is 6.21. The molecule has 0 saturated heterocycles. The number of aliphatic hydroxyl groups is 1. The fourth-order valence-electron chi connectivity index (χ4n) is 2.25. The molecule has 1 aromatic carbocycles. The smallest absolute Gasteiger partial charge is 0.126 e. The van der Waals surface area contributed by atoms with Crippen molar-refractivity contribution in [3.8, 4) is 0 Å². The fourth-order valence-corrected chi connectivity index (χ4v) is 2.25. The van der Waals surface area contributed by atoms with Crippen molar-refractivity contribution in [1.82, 2.24) is 0 Å². The Balaban J connectivity index is 2.57. The maximum absolute atomic E-state index is 13.7. The molecule has 3 heteroatoms. The molecule has 3 N–H and O–H groups in total. The van der Waals surface area contributed by atoms with Crippen molar-refractivity contribution < 1.29 is 9.50 Å². The summed E-state index contributed by atoms with van der Waals surface area (Å²) >= 11 is 0. The maximum atomic E-state index is 13.7. The number of halogens is 1. The Hall–Kier alpha value is -0.930. The molecule has 0 aromatic heterocycles. The largest absolute Gasteiger partial charge is 0.392 e. The van der Waals surface area contributed by atoms with Gasteiger partial charge in [-0.05, 0) is 18.1 Å². The predicted molar refractivity (Wildman–Crippen MR) is 73.0 cm³/mol. The third-order valence-corrected chi connectivity index (χ3v) is 3.38. The van der Waals surface area contributed by atoms with Crippen LogP contribution in [0.25, 0.3) is 0 Å². The van der Waals surface area contributed by atoms with E-state index < -0.39 is 6.10 Å². The van der Waals surface area contributed by atoms with Gasteiger partial charge >= 0.3 is 0 Å². The van der Waals surface area contributed by atoms with E-state index in [9.17, 15) is 9.50 Å². The quantitative estimate of drug-likeness (QED) is 0.699. The Bertz CT molecular complexity index is 343. The van der Waals surface area contributed by atoms with Crippen molar-refractivity contribution in [1.29, 1.82) is 0 Å². The lowest BCUT2D eigenvalue weighted by molar-refractivity contribution is 0.131. The predicted octanol–water partition coefficient (Wildman–Crippen LogP) is 3.20. The molecule has 0 aliphatic carbocycles. The van der Waals surface area contributed by atoms with E-state index >= 15 is 0 Å². The number of benzene rings is 1. The fraction of sp³-hybridized carbons (Fsp3) is 0.600. The molecule has 0 fully saturated rings. The molecule has 1 rings (SSSR count). The van der Waals surface area contributed by atoms with E-state index in [-0.39, 0.29) is 18.3 Å². The van der Waals surface area contributed by atoms with Gasteiger partial charge < -0.3 is 10.8 Å².